The van der Waals surface area contributed by atoms with Crippen molar-refractivity contribution in [2.75, 3.05) is 20.3 Å². The lowest BCUT2D eigenvalue weighted by molar-refractivity contribution is -0.143. The first kappa shape index (κ1) is 37.6. The Labute approximate surface area is 283 Å². The Bertz CT molecular complexity index is 1090. The predicted octanol–water partition coefficient (Wildman–Crippen LogP) is 5.79. The van der Waals surface area contributed by atoms with Gasteiger partial charge in [-0.05, 0) is 65.6 Å². The highest BCUT2D eigenvalue weighted by Gasteiger charge is 2.43. The van der Waals surface area contributed by atoms with E-state index in [9.17, 15) is 24.9 Å². The number of amides is 2. The minimum absolute atomic E-state index is 0.00322. The number of ether oxygens (including phenoxy) is 2. The van der Waals surface area contributed by atoms with Crippen LogP contribution in [0.4, 0.5) is 0 Å². The van der Waals surface area contributed by atoms with Crippen LogP contribution in [0.25, 0.3) is 0 Å². The summed E-state index contributed by atoms with van der Waals surface area (Å²) in [4.78, 5) is 29.1. The normalized spacial score (nSPS) is 20.4. The Morgan fingerprint density at radius 2 is 1.67 bits per heavy atom. The number of hydrogen-bond donors (Lipinski definition) is 4. The van der Waals surface area contributed by atoms with E-state index < -0.39 is 18.2 Å². The maximum absolute atomic E-state index is 14.0. The lowest BCUT2D eigenvalue weighted by Gasteiger charge is -2.45. The first-order valence-electron chi connectivity index (χ1n) is 17.1. The summed E-state index contributed by atoms with van der Waals surface area (Å²) in [6.07, 6.45) is 15.7. The summed E-state index contributed by atoms with van der Waals surface area (Å²) < 4.78 is 12.7. The molecule has 2 aliphatic rings. The van der Waals surface area contributed by atoms with E-state index in [4.69, 9.17) is 9.47 Å². The van der Waals surface area contributed by atoms with Crippen LogP contribution in [0.1, 0.15) is 115 Å². The van der Waals surface area contributed by atoms with E-state index in [1.54, 1.807) is 18.2 Å². The van der Waals surface area contributed by atoms with Gasteiger partial charge in [0.2, 0.25) is 11.8 Å². The first-order valence-corrected chi connectivity index (χ1v) is 18.1. The number of methoxy groups -OCH3 is 1. The van der Waals surface area contributed by atoms with Gasteiger partial charge in [0.25, 0.3) is 0 Å². The minimum atomic E-state index is -1.08. The molecule has 10 heteroatoms. The SMILES string of the molecule is CCCCCCCCCCCC(=O)N(C1CCCCC1)[C@@H]1CC(C(=O)NCCO)=C[C@H](Oc2c(I)cc(CO)cc2OC)[C@H]1O. The molecule has 1 aromatic rings. The molecular weight excluding hydrogens is 687 g/mol. The number of unbranched alkanes of at least 4 members (excludes halogenated alkanes) is 8. The Kier molecular flexibility index (Phi) is 17.0. The van der Waals surface area contributed by atoms with Crippen LogP contribution in [-0.2, 0) is 16.2 Å². The average Bonchev–Trinajstić information content (AvgIpc) is 3.05. The van der Waals surface area contributed by atoms with E-state index in [2.05, 4.69) is 34.8 Å². The van der Waals surface area contributed by atoms with Gasteiger partial charge in [-0.25, -0.2) is 0 Å². The van der Waals surface area contributed by atoms with Gasteiger partial charge in [0, 0.05) is 31.0 Å². The predicted molar refractivity (Wildman–Crippen MR) is 184 cm³/mol. The van der Waals surface area contributed by atoms with Crippen molar-refractivity contribution in [1.29, 1.82) is 0 Å². The minimum Gasteiger partial charge on any atom is -0.493 e. The number of carbonyl (C=O) groups excluding carboxylic acids is 2. The maximum atomic E-state index is 14.0. The Balaban J connectivity index is 1.83. The summed E-state index contributed by atoms with van der Waals surface area (Å²) >= 11 is 2.11. The number of rotatable bonds is 19. The molecule has 0 saturated heterocycles. The second-order valence-electron chi connectivity index (χ2n) is 12.5. The van der Waals surface area contributed by atoms with Crippen molar-refractivity contribution < 1.29 is 34.4 Å². The van der Waals surface area contributed by atoms with Crippen LogP contribution in [0, 0.1) is 3.57 Å². The van der Waals surface area contributed by atoms with Crippen LogP contribution in [0.5, 0.6) is 11.5 Å². The quantitative estimate of drug-likeness (QED) is 0.104. The third-order valence-electron chi connectivity index (χ3n) is 9.05. The fraction of sp³-hybridized carbons (Fsp3) is 0.714. The number of nitrogens with one attached hydrogen (secondary N) is 1. The number of aliphatic hydroxyl groups excluding tert-OH is 3. The highest BCUT2D eigenvalue weighted by Crippen LogP contribution is 2.38. The third-order valence-corrected chi connectivity index (χ3v) is 9.85. The molecule has 3 rings (SSSR count). The number of benzene rings is 1. The molecule has 0 bridgehead atoms. The summed E-state index contributed by atoms with van der Waals surface area (Å²) in [7, 11) is 1.51. The van der Waals surface area contributed by atoms with E-state index in [0.29, 0.717) is 32.6 Å². The number of nitrogens with zero attached hydrogens (tertiary/aromatic N) is 1. The standard InChI is InChI=1S/C35H55IN2O7/c1-3-4-5-6-7-8-9-10-14-17-32(41)38(27-15-12-11-13-16-27)29-22-26(35(43)37-18-19-39)23-30(33(29)42)45-34-28(36)20-25(24-40)21-31(34)44-2/h20-21,23,27,29-30,33,39-40,42H,3-19,22,24H2,1-2H3,(H,37,43)/t29-,30+,33+/m1/s1. The fourth-order valence-corrected chi connectivity index (χ4v) is 7.39. The van der Waals surface area contributed by atoms with Crippen LogP contribution >= 0.6 is 22.6 Å². The van der Waals surface area contributed by atoms with Gasteiger partial charge in [0.15, 0.2) is 11.5 Å². The molecule has 45 heavy (non-hydrogen) atoms. The van der Waals surface area contributed by atoms with Crippen molar-refractivity contribution >= 4 is 34.4 Å². The van der Waals surface area contributed by atoms with Crippen molar-refractivity contribution in [2.45, 2.75) is 141 Å². The second kappa shape index (κ2) is 20.4. The molecule has 1 saturated carbocycles. The van der Waals surface area contributed by atoms with E-state index >= 15 is 0 Å². The molecule has 254 valence electrons. The van der Waals surface area contributed by atoms with Crippen LogP contribution < -0.4 is 14.8 Å². The van der Waals surface area contributed by atoms with Gasteiger partial charge in [-0.1, -0.05) is 77.6 Å². The van der Waals surface area contributed by atoms with Gasteiger partial charge >= 0.3 is 0 Å². The number of carbonyl (C=O) groups is 2. The van der Waals surface area contributed by atoms with E-state index in [1.807, 2.05) is 4.90 Å². The summed E-state index contributed by atoms with van der Waals surface area (Å²) in [6.45, 7) is 1.98. The summed E-state index contributed by atoms with van der Waals surface area (Å²) in [5.41, 5.74) is 1.08. The smallest absolute Gasteiger partial charge is 0.247 e. The van der Waals surface area contributed by atoms with Crippen molar-refractivity contribution in [3.63, 3.8) is 0 Å². The van der Waals surface area contributed by atoms with Gasteiger partial charge in [0.05, 0.1) is 29.9 Å². The summed E-state index contributed by atoms with van der Waals surface area (Å²) in [5, 5.41) is 33.6. The van der Waals surface area contributed by atoms with Gasteiger partial charge in [-0.2, -0.15) is 0 Å². The second-order valence-corrected chi connectivity index (χ2v) is 13.6. The van der Waals surface area contributed by atoms with Crippen molar-refractivity contribution in [1.82, 2.24) is 10.2 Å². The molecule has 1 aromatic carbocycles. The van der Waals surface area contributed by atoms with E-state index in [1.165, 1.54) is 45.6 Å². The molecule has 2 aliphatic carbocycles. The monoisotopic (exact) mass is 742 g/mol. The summed E-state index contributed by atoms with van der Waals surface area (Å²) in [5.74, 6) is 0.494. The van der Waals surface area contributed by atoms with Crippen LogP contribution in [-0.4, -0.2) is 76.6 Å². The molecule has 0 radical (unpaired) electrons. The zero-order valence-corrected chi connectivity index (χ0v) is 29.4. The molecule has 0 heterocycles. The molecule has 3 atom stereocenters. The number of aliphatic hydroxyl groups is 3. The molecule has 2 amide bonds. The lowest BCUT2D eigenvalue weighted by Crippen LogP contribution is -2.58. The Hall–Kier alpha value is -1.89. The van der Waals surface area contributed by atoms with E-state index in [-0.39, 0.29) is 44.0 Å². The fourth-order valence-electron chi connectivity index (χ4n) is 6.60. The molecule has 0 unspecified atom stereocenters. The van der Waals surface area contributed by atoms with Gasteiger partial charge in [-0.3, -0.25) is 9.59 Å². The van der Waals surface area contributed by atoms with Gasteiger partial charge in [0.1, 0.15) is 12.2 Å². The Morgan fingerprint density at radius 3 is 2.29 bits per heavy atom. The zero-order valence-electron chi connectivity index (χ0n) is 27.3. The molecule has 4 N–H and O–H groups in total. The van der Waals surface area contributed by atoms with E-state index in [0.717, 1.165) is 51.4 Å². The van der Waals surface area contributed by atoms with Crippen LogP contribution in [0.3, 0.4) is 0 Å². The first-order chi connectivity index (χ1) is 21.8. The summed E-state index contributed by atoms with van der Waals surface area (Å²) in [6, 6.07) is 2.84. The molecule has 1 fully saturated rings. The van der Waals surface area contributed by atoms with Crippen molar-refractivity contribution in [3.8, 4) is 11.5 Å². The van der Waals surface area contributed by atoms with Gasteiger partial charge < -0.3 is 35.0 Å². The molecule has 0 spiro atoms. The maximum Gasteiger partial charge on any atom is 0.247 e. The molecule has 9 nitrogen and oxygen atoms in total. The zero-order chi connectivity index (χ0) is 32.6. The van der Waals surface area contributed by atoms with Gasteiger partial charge in [-0.15, -0.1) is 0 Å². The number of hydrogen-bond acceptors (Lipinski definition) is 7. The molecule has 0 aromatic heterocycles. The molecule has 0 aliphatic heterocycles. The largest absolute Gasteiger partial charge is 0.493 e. The third kappa shape index (κ3) is 11.4. The topological polar surface area (TPSA) is 129 Å². The molecular formula is C35H55IN2O7. The Morgan fingerprint density at radius 1 is 1.00 bits per heavy atom. The van der Waals surface area contributed by atoms with Crippen LogP contribution in [0.2, 0.25) is 0 Å². The highest BCUT2D eigenvalue weighted by molar-refractivity contribution is 14.1. The number of halogens is 1. The van der Waals surface area contributed by atoms with Crippen molar-refractivity contribution in [3.05, 3.63) is 32.9 Å². The highest BCUT2D eigenvalue weighted by atomic mass is 127. The van der Waals surface area contributed by atoms with Crippen LogP contribution in [0.15, 0.2) is 23.8 Å². The van der Waals surface area contributed by atoms with Crippen molar-refractivity contribution in [2.24, 2.45) is 0 Å². The average molecular weight is 743 g/mol. The lowest BCUT2D eigenvalue weighted by atomic mass is 9.85.